The van der Waals surface area contributed by atoms with Gasteiger partial charge in [0.2, 0.25) is 0 Å². The second-order valence-corrected chi connectivity index (χ2v) is 4.73. The normalized spacial score (nSPS) is 12.5. The number of hydrogen-bond acceptors (Lipinski definition) is 2. The number of alkyl halides is 1. The molecule has 18 heavy (non-hydrogen) atoms. The molecule has 0 saturated carbocycles. The highest BCUT2D eigenvalue weighted by Crippen LogP contribution is 2.35. The second-order valence-electron chi connectivity index (χ2n) is 3.51. The van der Waals surface area contributed by atoms with Crippen LogP contribution in [0.5, 0.6) is 5.75 Å². The summed E-state index contributed by atoms with van der Waals surface area (Å²) in [5.41, 5.74) is -0.265. The summed E-state index contributed by atoms with van der Waals surface area (Å²) in [6.45, 7) is 0. The molecule has 6 heteroatoms. The maximum absolute atomic E-state index is 13.8. The molecule has 0 bridgehead atoms. The molecule has 2 rings (SSSR count). The lowest BCUT2D eigenvalue weighted by molar-refractivity contribution is 0.404. The standard InChI is InChI=1S/C12H8BrClF2O2/c1-17-6-4-7(15)11(8(16)5-6)12(14)9-2-3-10(13)18-9/h2-5,12H,1H3. The van der Waals surface area contributed by atoms with Crippen molar-refractivity contribution in [3.63, 3.8) is 0 Å². The summed E-state index contributed by atoms with van der Waals surface area (Å²) >= 11 is 9.12. The van der Waals surface area contributed by atoms with Crippen LogP contribution in [0.25, 0.3) is 0 Å². The van der Waals surface area contributed by atoms with Gasteiger partial charge in [-0.2, -0.15) is 0 Å². The molecule has 96 valence electrons. The molecule has 2 aromatic rings. The van der Waals surface area contributed by atoms with Crippen molar-refractivity contribution in [3.05, 3.63) is 51.9 Å². The van der Waals surface area contributed by atoms with Crippen molar-refractivity contribution in [2.24, 2.45) is 0 Å². The van der Waals surface area contributed by atoms with Crippen LogP contribution in [0, 0.1) is 11.6 Å². The molecule has 1 unspecified atom stereocenters. The zero-order chi connectivity index (χ0) is 13.3. The SMILES string of the molecule is COc1cc(F)c(C(Cl)c2ccc(Br)o2)c(F)c1. The van der Waals surface area contributed by atoms with Crippen LogP contribution in [0.3, 0.4) is 0 Å². The third-order valence-electron chi connectivity index (χ3n) is 2.39. The van der Waals surface area contributed by atoms with Crippen LogP contribution in [-0.4, -0.2) is 7.11 Å². The number of halogens is 4. The van der Waals surface area contributed by atoms with E-state index in [0.717, 1.165) is 12.1 Å². The van der Waals surface area contributed by atoms with Crippen molar-refractivity contribution in [2.75, 3.05) is 7.11 Å². The van der Waals surface area contributed by atoms with Gasteiger partial charge in [-0.05, 0) is 28.1 Å². The zero-order valence-corrected chi connectivity index (χ0v) is 11.6. The first kappa shape index (κ1) is 13.4. The highest BCUT2D eigenvalue weighted by atomic mass is 79.9. The number of ether oxygens (including phenoxy) is 1. The highest BCUT2D eigenvalue weighted by Gasteiger charge is 2.23. The minimum absolute atomic E-state index is 0.0956. The first-order valence-electron chi connectivity index (χ1n) is 4.95. The van der Waals surface area contributed by atoms with Crippen LogP contribution >= 0.6 is 27.5 Å². The van der Waals surface area contributed by atoms with Gasteiger partial charge in [-0.25, -0.2) is 8.78 Å². The lowest BCUT2D eigenvalue weighted by Crippen LogP contribution is -2.01. The van der Waals surface area contributed by atoms with Gasteiger partial charge < -0.3 is 9.15 Å². The third-order valence-corrected chi connectivity index (χ3v) is 3.24. The average Bonchev–Trinajstić information content (AvgIpc) is 2.74. The van der Waals surface area contributed by atoms with E-state index >= 15 is 0 Å². The minimum Gasteiger partial charge on any atom is -0.497 e. The Morgan fingerprint density at radius 2 is 1.89 bits per heavy atom. The van der Waals surface area contributed by atoms with Gasteiger partial charge in [-0.3, -0.25) is 0 Å². The number of furan rings is 1. The zero-order valence-electron chi connectivity index (χ0n) is 9.22. The van der Waals surface area contributed by atoms with Crippen LogP contribution in [0.1, 0.15) is 16.7 Å². The Kier molecular flexibility index (Phi) is 3.92. The van der Waals surface area contributed by atoms with E-state index in [1.807, 2.05) is 0 Å². The minimum atomic E-state index is -1.04. The fourth-order valence-electron chi connectivity index (χ4n) is 1.53. The van der Waals surface area contributed by atoms with Crippen molar-refractivity contribution < 1.29 is 17.9 Å². The average molecular weight is 338 g/mol. The Balaban J connectivity index is 2.44. The van der Waals surface area contributed by atoms with E-state index in [2.05, 4.69) is 15.9 Å². The molecule has 1 atom stereocenters. The Hall–Kier alpha value is -1.07. The Bertz CT molecular complexity index is 548. The predicted octanol–water partition coefficient (Wildman–Crippen LogP) is 4.66. The molecule has 1 aromatic carbocycles. The number of rotatable bonds is 3. The van der Waals surface area contributed by atoms with Gasteiger partial charge in [0, 0.05) is 17.7 Å². The lowest BCUT2D eigenvalue weighted by Gasteiger charge is -2.11. The van der Waals surface area contributed by atoms with E-state index in [4.69, 9.17) is 20.8 Å². The number of benzene rings is 1. The molecule has 1 heterocycles. The summed E-state index contributed by atoms with van der Waals surface area (Å²) in [6, 6.07) is 5.30. The molecule has 1 aromatic heterocycles. The summed E-state index contributed by atoms with van der Waals surface area (Å²) in [4.78, 5) is 0. The van der Waals surface area contributed by atoms with Gasteiger partial charge in [-0.1, -0.05) is 0 Å². The first-order valence-corrected chi connectivity index (χ1v) is 6.18. The maximum atomic E-state index is 13.8. The topological polar surface area (TPSA) is 22.4 Å². The molecule has 0 N–H and O–H groups in total. The van der Waals surface area contributed by atoms with Gasteiger partial charge in [0.05, 0.1) is 7.11 Å². The molecule has 0 radical (unpaired) electrons. The molecule has 0 aliphatic heterocycles. The molecule has 0 saturated heterocycles. The monoisotopic (exact) mass is 336 g/mol. The quantitative estimate of drug-likeness (QED) is 0.760. The van der Waals surface area contributed by atoms with Crippen LogP contribution in [0.4, 0.5) is 8.78 Å². The Morgan fingerprint density at radius 1 is 1.28 bits per heavy atom. The van der Waals surface area contributed by atoms with E-state index in [1.54, 1.807) is 12.1 Å². The number of hydrogen-bond donors (Lipinski definition) is 0. The first-order chi connectivity index (χ1) is 8.52. The van der Waals surface area contributed by atoms with E-state index in [1.165, 1.54) is 7.11 Å². The number of methoxy groups -OCH3 is 1. The molecule has 0 spiro atoms. The van der Waals surface area contributed by atoms with E-state index in [9.17, 15) is 8.78 Å². The smallest absolute Gasteiger partial charge is 0.169 e. The summed E-state index contributed by atoms with van der Waals surface area (Å²) in [5, 5.41) is -1.04. The fourth-order valence-corrected chi connectivity index (χ4v) is 2.17. The van der Waals surface area contributed by atoms with Crippen LogP contribution in [0.2, 0.25) is 0 Å². The highest BCUT2D eigenvalue weighted by molar-refractivity contribution is 9.10. The molecular weight excluding hydrogens is 329 g/mol. The fraction of sp³-hybridized carbons (Fsp3) is 0.167. The van der Waals surface area contributed by atoms with Gasteiger partial charge in [0.25, 0.3) is 0 Å². The van der Waals surface area contributed by atoms with Gasteiger partial charge in [-0.15, -0.1) is 11.6 Å². The van der Waals surface area contributed by atoms with Gasteiger partial charge in [0.1, 0.15) is 28.5 Å². The largest absolute Gasteiger partial charge is 0.497 e. The summed E-state index contributed by atoms with van der Waals surface area (Å²) in [6.07, 6.45) is 0. The van der Waals surface area contributed by atoms with Crippen molar-refractivity contribution in [2.45, 2.75) is 5.38 Å². The van der Waals surface area contributed by atoms with Crippen molar-refractivity contribution in [1.82, 2.24) is 0 Å². The van der Waals surface area contributed by atoms with Crippen LogP contribution in [-0.2, 0) is 0 Å². The Morgan fingerprint density at radius 3 is 2.33 bits per heavy atom. The summed E-state index contributed by atoms with van der Waals surface area (Å²) in [5.74, 6) is -1.21. The van der Waals surface area contributed by atoms with Crippen molar-refractivity contribution in [1.29, 1.82) is 0 Å². The molecule has 0 aliphatic rings. The van der Waals surface area contributed by atoms with Crippen LogP contribution in [0.15, 0.2) is 33.4 Å². The molecule has 2 nitrogen and oxygen atoms in total. The van der Waals surface area contributed by atoms with Gasteiger partial charge >= 0.3 is 0 Å². The molecule has 0 fully saturated rings. The second kappa shape index (κ2) is 5.28. The van der Waals surface area contributed by atoms with Crippen LogP contribution < -0.4 is 4.74 Å². The Labute approximate surface area is 116 Å². The maximum Gasteiger partial charge on any atom is 0.169 e. The third kappa shape index (κ3) is 2.52. The van der Waals surface area contributed by atoms with Crippen molar-refractivity contribution in [3.8, 4) is 5.75 Å². The molecule has 0 amide bonds. The predicted molar refractivity (Wildman–Crippen MR) is 67.0 cm³/mol. The van der Waals surface area contributed by atoms with E-state index < -0.39 is 17.0 Å². The van der Waals surface area contributed by atoms with E-state index in [0.29, 0.717) is 4.67 Å². The molecular formula is C12H8BrClF2O2. The summed E-state index contributed by atoms with van der Waals surface area (Å²) in [7, 11) is 1.33. The van der Waals surface area contributed by atoms with Crippen molar-refractivity contribution >= 4 is 27.5 Å². The van der Waals surface area contributed by atoms with Gasteiger partial charge in [0.15, 0.2) is 4.67 Å². The molecule has 0 aliphatic carbocycles. The van der Waals surface area contributed by atoms with E-state index in [-0.39, 0.29) is 17.1 Å². The lowest BCUT2D eigenvalue weighted by atomic mass is 10.1. The summed E-state index contributed by atoms with van der Waals surface area (Å²) < 4.78 is 38.0.